The number of piperidine rings is 1. The Bertz CT molecular complexity index is 1380. The smallest absolute Gasteiger partial charge is 0.409 e. The molecule has 2 aromatic heterocycles. The Kier molecular flexibility index (Phi) is 10.2. The second-order valence-corrected chi connectivity index (χ2v) is 11.4. The first-order valence-electron chi connectivity index (χ1n) is 13.1. The molecule has 0 radical (unpaired) electrons. The summed E-state index contributed by atoms with van der Waals surface area (Å²) < 4.78 is 39.6. The van der Waals surface area contributed by atoms with Gasteiger partial charge in [-0.2, -0.15) is 4.31 Å². The summed E-state index contributed by atoms with van der Waals surface area (Å²) >= 11 is 0. The first kappa shape index (κ1) is 29.9. The second kappa shape index (κ2) is 14.0. The number of benzene rings is 1. The van der Waals surface area contributed by atoms with Gasteiger partial charge in [0.25, 0.3) is 5.91 Å². The van der Waals surface area contributed by atoms with Crippen LogP contribution in [-0.2, 0) is 32.5 Å². The lowest BCUT2D eigenvalue weighted by molar-refractivity contribution is -0.135. The van der Waals surface area contributed by atoms with Gasteiger partial charge in [0, 0.05) is 50.3 Å². The molecule has 1 aliphatic heterocycles. The van der Waals surface area contributed by atoms with Crippen molar-refractivity contribution in [2.24, 2.45) is 5.92 Å². The van der Waals surface area contributed by atoms with Gasteiger partial charge in [0.05, 0.1) is 18.6 Å². The maximum absolute atomic E-state index is 14.0. The summed E-state index contributed by atoms with van der Waals surface area (Å²) in [6.07, 6.45) is 5.38. The van der Waals surface area contributed by atoms with E-state index in [0.29, 0.717) is 30.6 Å². The summed E-state index contributed by atoms with van der Waals surface area (Å²) in [4.78, 5) is 35.5. The molecule has 1 aromatic carbocycles. The highest BCUT2D eigenvalue weighted by Crippen LogP contribution is 2.31. The number of carbonyl (C=O) groups is 2. The lowest BCUT2D eigenvalue weighted by atomic mass is 9.88. The van der Waals surface area contributed by atoms with E-state index in [4.69, 9.17) is 9.47 Å². The van der Waals surface area contributed by atoms with E-state index in [1.807, 2.05) is 18.2 Å². The van der Waals surface area contributed by atoms with Crippen LogP contribution in [0.5, 0.6) is 5.75 Å². The molecule has 4 rings (SSSR count). The number of aromatic nitrogens is 2. The Labute approximate surface area is 238 Å². The lowest BCUT2D eigenvalue weighted by Gasteiger charge is -2.39. The normalized spacial score (nSPS) is 14.9. The third-order valence-electron chi connectivity index (χ3n) is 7.00. The number of rotatable bonds is 11. The molecule has 3 aromatic rings. The quantitative estimate of drug-likeness (QED) is 0.256. The Morgan fingerprint density at radius 3 is 2.39 bits per heavy atom. The molecular weight excluding hydrogens is 550 g/mol. The number of methoxy groups -OCH3 is 1. The van der Waals surface area contributed by atoms with Crippen LogP contribution in [0.3, 0.4) is 0 Å². The highest BCUT2D eigenvalue weighted by Gasteiger charge is 2.42. The number of amides is 2. The Hall–Kier alpha value is -4.07. The fraction of sp³-hybridized carbons (Fsp3) is 0.357. The van der Waals surface area contributed by atoms with Crippen molar-refractivity contribution in [1.29, 1.82) is 0 Å². The molecule has 0 bridgehead atoms. The number of hydroxylamine groups is 1. The minimum absolute atomic E-state index is 0.0305. The zero-order valence-corrected chi connectivity index (χ0v) is 23.4. The van der Waals surface area contributed by atoms with Crippen LogP contribution in [0.2, 0.25) is 0 Å². The highest BCUT2D eigenvalue weighted by atomic mass is 32.2. The van der Waals surface area contributed by atoms with Crippen LogP contribution in [0.15, 0.2) is 78.1 Å². The molecule has 1 fully saturated rings. The molecular formula is C28H33N5O7S. The maximum Gasteiger partial charge on any atom is 0.409 e. The van der Waals surface area contributed by atoms with Crippen LogP contribution in [0.1, 0.15) is 24.1 Å². The predicted molar refractivity (Wildman–Crippen MR) is 147 cm³/mol. The fourth-order valence-corrected chi connectivity index (χ4v) is 6.44. The van der Waals surface area contributed by atoms with Crippen molar-refractivity contribution in [1.82, 2.24) is 24.7 Å². The van der Waals surface area contributed by atoms with Crippen molar-refractivity contribution in [3.8, 4) is 5.75 Å². The van der Waals surface area contributed by atoms with Crippen LogP contribution in [0.4, 0.5) is 4.79 Å². The molecule has 2 N–H and O–H groups in total. The Morgan fingerprint density at radius 2 is 1.78 bits per heavy atom. The highest BCUT2D eigenvalue weighted by molar-refractivity contribution is 7.89. The van der Waals surface area contributed by atoms with Gasteiger partial charge in [0.2, 0.25) is 10.0 Å². The number of nitrogens with one attached hydrogen (secondary N) is 1. The van der Waals surface area contributed by atoms with Crippen LogP contribution in [-0.4, -0.2) is 77.6 Å². The van der Waals surface area contributed by atoms with Crippen molar-refractivity contribution in [3.05, 3.63) is 84.4 Å². The van der Waals surface area contributed by atoms with Gasteiger partial charge in [-0.15, -0.1) is 0 Å². The molecule has 0 spiro atoms. The predicted octanol–water partition coefficient (Wildman–Crippen LogP) is 2.64. The molecule has 41 heavy (non-hydrogen) atoms. The molecule has 1 atom stereocenters. The van der Waals surface area contributed by atoms with E-state index in [9.17, 15) is 23.2 Å². The summed E-state index contributed by atoms with van der Waals surface area (Å²) in [5.74, 6) is -0.865. The van der Waals surface area contributed by atoms with Gasteiger partial charge in [-0.3, -0.25) is 20.0 Å². The molecule has 12 nitrogen and oxygen atoms in total. The largest absolute Gasteiger partial charge is 0.497 e. The van der Waals surface area contributed by atoms with Gasteiger partial charge in [0.15, 0.2) is 0 Å². The van der Waals surface area contributed by atoms with E-state index in [1.165, 1.54) is 48.7 Å². The maximum atomic E-state index is 14.0. The lowest BCUT2D eigenvalue weighted by Crippen LogP contribution is -2.55. The molecule has 1 aliphatic rings. The number of nitrogens with zero attached hydrogens (tertiary/aromatic N) is 4. The third kappa shape index (κ3) is 7.57. The monoisotopic (exact) mass is 583 g/mol. The minimum Gasteiger partial charge on any atom is -0.497 e. The molecule has 13 heteroatoms. The zero-order valence-electron chi connectivity index (χ0n) is 22.6. The third-order valence-corrected chi connectivity index (χ3v) is 8.84. The van der Waals surface area contributed by atoms with Crippen LogP contribution < -0.4 is 10.2 Å². The first-order chi connectivity index (χ1) is 19.8. The molecule has 0 unspecified atom stereocenters. The summed E-state index contributed by atoms with van der Waals surface area (Å²) in [7, 11) is -2.75. The van der Waals surface area contributed by atoms with E-state index in [2.05, 4.69) is 9.97 Å². The van der Waals surface area contributed by atoms with Gasteiger partial charge in [0.1, 0.15) is 11.8 Å². The topological polar surface area (TPSA) is 151 Å². The van der Waals surface area contributed by atoms with E-state index in [-0.39, 0.29) is 31.1 Å². The van der Waals surface area contributed by atoms with Crippen LogP contribution >= 0.6 is 0 Å². The molecule has 2 amide bonds. The molecule has 1 saturated heterocycles. The van der Waals surface area contributed by atoms with Gasteiger partial charge in [-0.1, -0.05) is 6.07 Å². The molecule has 3 heterocycles. The standard InChI is InChI=1S/C28H33N5O7S/c1-39-24-5-7-25(8-6-24)41(37,38)33(20-21-9-15-29-16-10-21)26(27(34)31-36)22-11-17-32(18-12-22)28(35)40-19-13-23-4-2-3-14-30-23/h2-10,14-16,22,26,36H,11-13,17-20H2,1H3,(H,31,34)/t26-/m1/s1. The number of sulfonamides is 1. The van der Waals surface area contributed by atoms with Gasteiger partial charge >= 0.3 is 6.09 Å². The Morgan fingerprint density at radius 1 is 1.07 bits per heavy atom. The van der Waals surface area contributed by atoms with Gasteiger partial charge < -0.3 is 14.4 Å². The van der Waals surface area contributed by atoms with Crippen molar-refractivity contribution < 1.29 is 32.7 Å². The van der Waals surface area contributed by atoms with Gasteiger partial charge in [-0.05, 0) is 72.9 Å². The van der Waals surface area contributed by atoms with Crippen molar-refractivity contribution >= 4 is 22.0 Å². The average Bonchev–Trinajstić information content (AvgIpc) is 3.02. The van der Waals surface area contributed by atoms with E-state index in [1.54, 1.807) is 23.8 Å². The summed E-state index contributed by atoms with van der Waals surface area (Å²) in [6, 6.07) is 13.5. The molecule has 0 aliphatic carbocycles. The van der Waals surface area contributed by atoms with Crippen LogP contribution in [0, 0.1) is 5.92 Å². The number of pyridine rings is 2. The summed E-state index contributed by atoms with van der Waals surface area (Å²) in [5, 5.41) is 9.65. The van der Waals surface area contributed by atoms with E-state index < -0.39 is 34.0 Å². The van der Waals surface area contributed by atoms with Crippen molar-refractivity contribution in [2.45, 2.75) is 36.7 Å². The number of carbonyl (C=O) groups excluding carboxylic acids is 2. The zero-order chi connectivity index (χ0) is 29.2. The van der Waals surface area contributed by atoms with Gasteiger partial charge in [-0.25, -0.2) is 18.7 Å². The van der Waals surface area contributed by atoms with Crippen LogP contribution in [0.25, 0.3) is 0 Å². The average molecular weight is 584 g/mol. The van der Waals surface area contributed by atoms with E-state index in [0.717, 1.165) is 10.00 Å². The second-order valence-electron chi connectivity index (χ2n) is 9.51. The molecule has 0 saturated carbocycles. The number of hydrogen-bond donors (Lipinski definition) is 2. The first-order valence-corrected chi connectivity index (χ1v) is 14.6. The fourth-order valence-electron chi connectivity index (χ4n) is 4.81. The Balaban J connectivity index is 1.52. The number of ether oxygens (including phenoxy) is 2. The SMILES string of the molecule is COc1ccc(S(=O)(=O)N(Cc2ccncc2)[C@@H](C(=O)NO)C2CCN(C(=O)OCCc3ccccn3)CC2)cc1. The number of likely N-dealkylation sites (tertiary alicyclic amines) is 1. The minimum atomic E-state index is -4.22. The van der Waals surface area contributed by atoms with Crippen molar-refractivity contribution in [2.75, 3.05) is 26.8 Å². The van der Waals surface area contributed by atoms with Crippen molar-refractivity contribution in [3.63, 3.8) is 0 Å². The summed E-state index contributed by atoms with van der Waals surface area (Å²) in [5.41, 5.74) is 3.08. The summed E-state index contributed by atoms with van der Waals surface area (Å²) in [6.45, 7) is 0.553. The number of hydrogen-bond acceptors (Lipinski definition) is 9. The van der Waals surface area contributed by atoms with E-state index >= 15 is 0 Å². The molecule has 218 valence electrons.